The molecule has 0 unspecified atom stereocenters. The first kappa shape index (κ1) is 14.9. The Labute approximate surface area is 114 Å². The quantitative estimate of drug-likeness (QED) is 0.146. The minimum atomic E-state index is -0.830. The lowest BCUT2D eigenvalue weighted by Gasteiger charge is -1.97. The number of esters is 1. The van der Waals surface area contributed by atoms with E-state index in [4.69, 9.17) is 5.53 Å². The Morgan fingerprint density at radius 1 is 1.53 bits per heavy atom. The number of hydrogen-bond acceptors (Lipinski definition) is 5. The van der Waals surface area contributed by atoms with Crippen LogP contribution in [0.25, 0.3) is 16.5 Å². The van der Waals surface area contributed by atoms with Gasteiger partial charge in [0.05, 0.1) is 11.5 Å². The van der Waals surface area contributed by atoms with Crippen molar-refractivity contribution in [3.63, 3.8) is 0 Å². The van der Waals surface area contributed by atoms with Crippen molar-refractivity contribution >= 4 is 29.2 Å². The van der Waals surface area contributed by atoms with Gasteiger partial charge in [-0.05, 0) is 37.1 Å². The van der Waals surface area contributed by atoms with Gasteiger partial charge in [0.25, 0.3) is 5.78 Å². The molecule has 19 heavy (non-hydrogen) atoms. The van der Waals surface area contributed by atoms with Crippen molar-refractivity contribution < 1.29 is 14.3 Å². The molecular weight excluding hydrogens is 266 g/mol. The number of ketones is 1. The molecule has 1 rings (SSSR count). The minimum absolute atomic E-state index is 0.183. The molecule has 0 aromatic carbocycles. The molecule has 0 fully saturated rings. The number of rotatable bonds is 7. The molecule has 0 bridgehead atoms. The van der Waals surface area contributed by atoms with Gasteiger partial charge in [-0.1, -0.05) is 11.2 Å². The lowest BCUT2D eigenvalue weighted by Crippen LogP contribution is -2.16. The number of thiophene rings is 1. The Morgan fingerprint density at radius 2 is 2.32 bits per heavy atom. The number of hydrogen-bond donors (Lipinski definition) is 0. The number of carbonyl (C=O) groups excluding carboxylic acids is 2. The zero-order chi connectivity index (χ0) is 14.1. The van der Waals surface area contributed by atoms with E-state index in [1.807, 2.05) is 12.2 Å². The maximum atomic E-state index is 11.6. The highest BCUT2D eigenvalue weighted by molar-refractivity contribution is 7.15. The van der Waals surface area contributed by atoms with Crippen molar-refractivity contribution in [3.05, 3.63) is 38.4 Å². The Balaban J connectivity index is 2.59. The van der Waals surface area contributed by atoms with Gasteiger partial charge in [0.15, 0.2) is 0 Å². The van der Waals surface area contributed by atoms with Gasteiger partial charge in [0.1, 0.15) is 0 Å². The third-order valence-electron chi connectivity index (χ3n) is 2.05. The topological polar surface area (TPSA) is 92.1 Å². The second-order valence-electron chi connectivity index (χ2n) is 3.40. The molecular formula is C12H13N3O3S. The summed E-state index contributed by atoms with van der Waals surface area (Å²) < 4.78 is 4.65. The molecule has 0 radical (unpaired) electrons. The molecule has 0 aliphatic rings. The Kier molecular flexibility index (Phi) is 6.35. The van der Waals surface area contributed by atoms with Crippen LogP contribution in [0.5, 0.6) is 0 Å². The van der Waals surface area contributed by atoms with Crippen LogP contribution >= 0.6 is 11.3 Å². The fourth-order valence-electron chi connectivity index (χ4n) is 1.24. The molecule has 0 amide bonds. The van der Waals surface area contributed by atoms with Gasteiger partial charge in [0, 0.05) is 16.3 Å². The summed E-state index contributed by atoms with van der Waals surface area (Å²) in [5.41, 5.74) is 8.10. The number of Topliss-reactive ketones (excluding diaryl/α,β-unsaturated/α-hetero) is 1. The fourth-order valence-corrected chi connectivity index (χ4v) is 2.10. The summed E-state index contributed by atoms with van der Waals surface area (Å²) in [5.74, 6) is -1.45. The summed E-state index contributed by atoms with van der Waals surface area (Å²) in [6, 6.07) is 3.35. The summed E-state index contributed by atoms with van der Waals surface area (Å²) >= 11 is 1.22. The van der Waals surface area contributed by atoms with Crippen molar-refractivity contribution in [2.75, 3.05) is 13.2 Å². The predicted octanol–water partition coefficient (Wildman–Crippen LogP) is 3.21. The molecule has 0 aliphatic carbocycles. The van der Waals surface area contributed by atoms with Crippen LogP contribution in [0.2, 0.25) is 0 Å². The zero-order valence-corrected chi connectivity index (χ0v) is 11.2. The summed E-state index contributed by atoms with van der Waals surface area (Å²) in [6.45, 7) is 2.23. The molecule has 6 nitrogen and oxygen atoms in total. The number of nitrogens with zero attached hydrogens (tertiary/aromatic N) is 3. The smallest absolute Gasteiger partial charge is 0.380 e. The van der Waals surface area contributed by atoms with Gasteiger partial charge in [0.2, 0.25) is 0 Å². The highest BCUT2D eigenvalue weighted by Crippen LogP contribution is 2.19. The summed E-state index contributed by atoms with van der Waals surface area (Å²) in [7, 11) is 0. The van der Waals surface area contributed by atoms with E-state index < -0.39 is 11.8 Å². The molecule has 0 atom stereocenters. The first-order valence-corrected chi connectivity index (χ1v) is 6.49. The number of azide groups is 1. The van der Waals surface area contributed by atoms with Crippen LogP contribution in [0.15, 0.2) is 23.3 Å². The van der Waals surface area contributed by atoms with Crippen molar-refractivity contribution in [2.24, 2.45) is 5.11 Å². The molecule has 0 N–H and O–H groups in total. The highest BCUT2D eigenvalue weighted by atomic mass is 32.1. The average molecular weight is 279 g/mol. The van der Waals surface area contributed by atoms with Gasteiger partial charge < -0.3 is 4.74 Å². The largest absolute Gasteiger partial charge is 0.460 e. The predicted molar refractivity (Wildman–Crippen MR) is 72.9 cm³/mol. The summed E-state index contributed by atoms with van der Waals surface area (Å²) in [6.07, 6.45) is 4.29. The monoisotopic (exact) mass is 279 g/mol. The van der Waals surface area contributed by atoms with Crippen molar-refractivity contribution in [2.45, 2.75) is 13.3 Å². The van der Waals surface area contributed by atoms with E-state index in [1.165, 1.54) is 11.3 Å². The van der Waals surface area contributed by atoms with E-state index in [0.29, 0.717) is 17.8 Å². The van der Waals surface area contributed by atoms with Crippen LogP contribution in [-0.4, -0.2) is 24.9 Å². The van der Waals surface area contributed by atoms with Gasteiger partial charge in [-0.25, -0.2) is 4.79 Å². The lowest BCUT2D eigenvalue weighted by molar-refractivity contribution is -0.137. The van der Waals surface area contributed by atoms with Gasteiger partial charge in [-0.3, -0.25) is 4.79 Å². The SMILES string of the molecule is CCOC(=O)C(=O)c1ccc(C=CCCN=[N+]=[N-])s1. The van der Waals surface area contributed by atoms with E-state index in [2.05, 4.69) is 14.8 Å². The van der Waals surface area contributed by atoms with Gasteiger partial charge >= 0.3 is 5.97 Å². The molecule has 1 aromatic heterocycles. The minimum Gasteiger partial charge on any atom is -0.460 e. The van der Waals surface area contributed by atoms with E-state index in [9.17, 15) is 9.59 Å². The molecule has 100 valence electrons. The standard InChI is InChI=1S/C12H13N3O3S/c1-2-18-12(17)11(16)10-7-6-9(19-10)5-3-4-8-14-15-13/h3,5-7H,2,4,8H2,1H3. The van der Waals surface area contributed by atoms with Gasteiger partial charge in [-0.2, -0.15) is 0 Å². The molecule has 0 spiro atoms. The van der Waals surface area contributed by atoms with E-state index in [0.717, 1.165) is 4.88 Å². The fraction of sp³-hybridized carbons (Fsp3) is 0.333. The second-order valence-corrected chi connectivity index (χ2v) is 4.51. The number of carbonyl (C=O) groups is 2. The molecule has 7 heteroatoms. The molecule has 1 aromatic rings. The average Bonchev–Trinajstić information content (AvgIpc) is 2.86. The maximum absolute atomic E-state index is 11.6. The van der Waals surface area contributed by atoms with E-state index in [1.54, 1.807) is 19.1 Å². The Hall–Kier alpha value is -2.11. The molecule has 0 saturated heterocycles. The van der Waals surface area contributed by atoms with E-state index in [-0.39, 0.29) is 6.61 Å². The summed E-state index contributed by atoms with van der Waals surface area (Å²) in [4.78, 5) is 26.7. The first-order chi connectivity index (χ1) is 9.19. The maximum Gasteiger partial charge on any atom is 0.380 e. The second kappa shape index (κ2) is 8.07. The van der Waals surface area contributed by atoms with Crippen molar-refractivity contribution in [3.8, 4) is 0 Å². The normalized spacial score (nSPS) is 10.2. The van der Waals surface area contributed by atoms with Gasteiger partial charge in [-0.15, -0.1) is 11.3 Å². The summed E-state index contributed by atoms with van der Waals surface area (Å²) in [5, 5.41) is 3.40. The molecule has 1 heterocycles. The third kappa shape index (κ3) is 4.95. The van der Waals surface area contributed by atoms with E-state index >= 15 is 0 Å². The highest BCUT2D eigenvalue weighted by Gasteiger charge is 2.18. The Bertz CT molecular complexity index is 530. The molecule has 0 aliphatic heterocycles. The van der Waals surface area contributed by atoms with Crippen LogP contribution in [0, 0.1) is 0 Å². The zero-order valence-electron chi connectivity index (χ0n) is 10.4. The van der Waals surface area contributed by atoms with Crippen LogP contribution in [0.3, 0.4) is 0 Å². The molecule has 0 saturated carbocycles. The van der Waals surface area contributed by atoms with Crippen LogP contribution in [0.1, 0.15) is 27.9 Å². The van der Waals surface area contributed by atoms with Crippen LogP contribution in [-0.2, 0) is 9.53 Å². The van der Waals surface area contributed by atoms with Crippen molar-refractivity contribution in [1.82, 2.24) is 0 Å². The van der Waals surface area contributed by atoms with Crippen LogP contribution in [0.4, 0.5) is 0 Å². The number of ether oxygens (including phenoxy) is 1. The van der Waals surface area contributed by atoms with Crippen molar-refractivity contribution in [1.29, 1.82) is 0 Å². The first-order valence-electron chi connectivity index (χ1n) is 5.67. The Morgan fingerprint density at radius 3 is 3.00 bits per heavy atom. The lowest BCUT2D eigenvalue weighted by atomic mass is 10.3. The van der Waals surface area contributed by atoms with Crippen LogP contribution < -0.4 is 0 Å². The third-order valence-corrected chi connectivity index (χ3v) is 3.10.